The molecule has 8 nitrogen and oxygen atoms in total. The molecule has 3 rings (SSSR count). The molecule has 1 amide bonds. The summed E-state index contributed by atoms with van der Waals surface area (Å²) < 4.78 is 10.4. The maximum Gasteiger partial charge on any atom is 0.223 e. The number of piperazine rings is 1. The van der Waals surface area contributed by atoms with Crippen LogP contribution in [0, 0.1) is 20.8 Å². The Balaban J connectivity index is 1.55. The van der Waals surface area contributed by atoms with Crippen molar-refractivity contribution >= 4 is 11.7 Å². The van der Waals surface area contributed by atoms with Crippen LogP contribution in [-0.4, -0.2) is 59.2 Å². The third kappa shape index (κ3) is 3.95. The maximum absolute atomic E-state index is 12.5. The summed E-state index contributed by atoms with van der Waals surface area (Å²) in [5.41, 5.74) is 1.91. The van der Waals surface area contributed by atoms with Gasteiger partial charge in [0.1, 0.15) is 17.4 Å². The first-order valence-electron chi connectivity index (χ1n) is 8.82. The number of aryl methyl sites for hydroxylation is 3. The number of carbonyl (C=O) groups excluding carboxylic acids is 1. The van der Waals surface area contributed by atoms with E-state index in [2.05, 4.69) is 20.0 Å². The third-order valence-electron chi connectivity index (χ3n) is 4.74. The molecular formula is C18H25N5O3. The highest BCUT2D eigenvalue weighted by molar-refractivity contribution is 5.76. The zero-order valence-corrected chi connectivity index (χ0v) is 15.8. The second-order valence-electron chi connectivity index (χ2n) is 6.49. The lowest BCUT2D eigenvalue weighted by atomic mass is 10.1. The Kier molecular flexibility index (Phi) is 5.39. The molecule has 0 saturated carbocycles. The fourth-order valence-electron chi connectivity index (χ4n) is 3.23. The number of amides is 1. The Bertz CT molecular complexity index is 762. The number of nitrogens with zero attached hydrogens (tertiary/aromatic N) is 5. The average molecular weight is 359 g/mol. The zero-order valence-electron chi connectivity index (χ0n) is 15.8. The summed E-state index contributed by atoms with van der Waals surface area (Å²) in [6.45, 7) is 8.51. The molecule has 0 atom stereocenters. The summed E-state index contributed by atoms with van der Waals surface area (Å²) in [5, 5.41) is 3.94. The van der Waals surface area contributed by atoms with Gasteiger partial charge in [-0.1, -0.05) is 5.16 Å². The number of anilines is 1. The summed E-state index contributed by atoms with van der Waals surface area (Å²) in [6, 6.07) is 1.84. The fourth-order valence-corrected chi connectivity index (χ4v) is 3.23. The Morgan fingerprint density at radius 2 is 1.92 bits per heavy atom. The van der Waals surface area contributed by atoms with Crippen LogP contribution in [0.1, 0.15) is 29.3 Å². The lowest BCUT2D eigenvalue weighted by Gasteiger charge is -2.35. The Morgan fingerprint density at radius 1 is 1.19 bits per heavy atom. The maximum atomic E-state index is 12.5. The molecule has 140 valence electrons. The molecule has 2 aromatic heterocycles. The van der Waals surface area contributed by atoms with E-state index in [9.17, 15) is 4.79 Å². The quantitative estimate of drug-likeness (QED) is 0.803. The largest absolute Gasteiger partial charge is 0.481 e. The van der Waals surface area contributed by atoms with Gasteiger partial charge >= 0.3 is 0 Å². The first-order valence-corrected chi connectivity index (χ1v) is 8.82. The van der Waals surface area contributed by atoms with Crippen molar-refractivity contribution in [3.8, 4) is 5.88 Å². The van der Waals surface area contributed by atoms with E-state index < -0.39 is 0 Å². The van der Waals surface area contributed by atoms with Gasteiger partial charge in [-0.05, 0) is 27.2 Å². The van der Waals surface area contributed by atoms with Gasteiger partial charge in [0.15, 0.2) is 0 Å². The highest BCUT2D eigenvalue weighted by Crippen LogP contribution is 2.20. The normalized spacial score (nSPS) is 14.6. The third-order valence-corrected chi connectivity index (χ3v) is 4.74. The lowest BCUT2D eigenvalue weighted by molar-refractivity contribution is -0.131. The summed E-state index contributed by atoms with van der Waals surface area (Å²) in [5.74, 6) is 3.05. The summed E-state index contributed by atoms with van der Waals surface area (Å²) in [7, 11) is 1.60. The molecule has 0 radical (unpaired) electrons. The van der Waals surface area contributed by atoms with E-state index in [0.717, 1.165) is 35.9 Å². The van der Waals surface area contributed by atoms with Crippen molar-refractivity contribution in [1.82, 2.24) is 20.0 Å². The highest BCUT2D eigenvalue weighted by Gasteiger charge is 2.23. The van der Waals surface area contributed by atoms with Crippen LogP contribution in [0.15, 0.2) is 10.6 Å². The standard InChI is InChI=1S/C18H25N5O3/c1-12-15(13(2)26-21-12)5-6-18(24)23-9-7-22(8-10-23)16-11-17(25-4)20-14(3)19-16/h11H,5-10H2,1-4H3. The van der Waals surface area contributed by atoms with Crippen LogP contribution in [0.2, 0.25) is 0 Å². The highest BCUT2D eigenvalue weighted by atomic mass is 16.5. The minimum atomic E-state index is 0.168. The molecule has 0 N–H and O–H groups in total. The van der Waals surface area contributed by atoms with Crippen molar-refractivity contribution in [3.05, 3.63) is 28.9 Å². The predicted molar refractivity (Wildman–Crippen MR) is 96.4 cm³/mol. The van der Waals surface area contributed by atoms with Gasteiger partial charge in [0.2, 0.25) is 11.8 Å². The monoisotopic (exact) mass is 359 g/mol. The van der Waals surface area contributed by atoms with Crippen LogP contribution < -0.4 is 9.64 Å². The van der Waals surface area contributed by atoms with Crippen LogP contribution in [0.25, 0.3) is 0 Å². The van der Waals surface area contributed by atoms with Crippen LogP contribution in [-0.2, 0) is 11.2 Å². The molecule has 1 aliphatic heterocycles. The molecule has 26 heavy (non-hydrogen) atoms. The number of rotatable bonds is 5. The SMILES string of the molecule is COc1cc(N2CCN(C(=O)CCc3c(C)noc3C)CC2)nc(C)n1. The Labute approximate surface area is 153 Å². The molecule has 3 heterocycles. The van der Waals surface area contributed by atoms with Gasteiger partial charge in [0.05, 0.1) is 12.8 Å². The van der Waals surface area contributed by atoms with Gasteiger partial charge in [-0.15, -0.1) is 0 Å². The van der Waals surface area contributed by atoms with Crippen LogP contribution >= 0.6 is 0 Å². The van der Waals surface area contributed by atoms with E-state index >= 15 is 0 Å². The number of aromatic nitrogens is 3. The number of hydrogen-bond donors (Lipinski definition) is 0. The van der Waals surface area contributed by atoms with Crippen molar-refractivity contribution in [3.63, 3.8) is 0 Å². The van der Waals surface area contributed by atoms with Crippen LogP contribution in [0.4, 0.5) is 5.82 Å². The van der Waals surface area contributed by atoms with Gasteiger partial charge in [-0.25, -0.2) is 4.98 Å². The molecule has 1 saturated heterocycles. The minimum Gasteiger partial charge on any atom is -0.481 e. The van der Waals surface area contributed by atoms with E-state index in [4.69, 9.17) is 9.26 Å². The molecular weight excluding hydrogens is 334 g/mol. The van der Waals surface area contributed by atoms with Gasteiger partial charge in [0.25, 0.3) is 0 Å². The molecule has 0 aliphatic carbocycles. The van der Waals surface area contributed by atoms with E-state index in [1.54, 1.807) is 7.11 Å². The molecule has 0 spiro atoms. The van der Waals surface area contributed by atoms with Crippen LogP contribution in [0.5, 0.6) is 5.88 Å². The van der Waals surface area contributed by atoms with Crippen molar-refractivity contribution in [2.24, 2.45) is 0 Å². The molecule has 0 unspecified atom stereocenters. The summed E-state index contributed by atoms with van der Waals surface area (Å²) in [6.07, 6.45) is 1.14. The van der Waals surface area contributed by atoms with E-state index in [-0.39, 0.29) is 5.91 Å². The van der Waals surface area contributed by atoms with Gasteiger partial charge in [-0.3, -0.25) is 4.79 Å². The molecule has 1 aliphatic rings. The first-order chi connectivity index (χ1) is 12.5. The predicted octanol–water partition coefficient (Wildman–Crippen LogP) is 1.68. The zero-order chi connectivity index (χ0) is 18.7. The molecule has 1 fully saturated rings. The van der Waals surface area contributed by atoms with E-state index in [1.807, 2.05) is 31.7 Å². The molecule has 0 bridgehead atoms. The molecule has 0 aromatic carbocycles. The van der Waals surface area contributed by atoms with Crippen molar-refractivity contribution in [2.75, 3.05) is 38.2 Å². The summed E-state index contributed by atoms with van der Waals surface area (Å²) >= 11 is 0. The second kappa shape index (κ2) is 7.72. The number of ether oxygens (including phenoxy) is 1. The van der Waals surface area contributed by atoms with Crippen LogP contribution in [0.3, 0.4) is 0 Å². The fraction of sp³-hybridized carbons (Fsp3) is 0.556. The summed E-state index contributed by atoms with van der Waals surface area (Å²) in [4.78, 5) is 25.3. The van der Waals surface area contributed by atoms with E-state index in [1.165, 1.54) is 0 Å². The number of hydrogen-bond acceptors (Lipinski definition) is 7. The number of methoxy groups -OCH3 is 1. The van der Waals surface area contributed by atoms with Gasteiger partial charge in [-0.2, -0.15) is 4.98 Å². The van der Waals surface area contributed by atoms with Gasteiger partial charge < -0.3 is 19.1 Å². The smallest absolute Gasteiger partial charge is 0.223 e. The minimum absolute atomic E-state index is 0.168. The van der Waals surface area contributed by atoms with Crippen molar-refractivity contribution < 1.29 is 14.1 Å². The topological polar surface area (TPSA) is 84.6 Å². The van der Waals surface area contributed by atoms with Gasteiger partial charge in [0, 0.05) is 44.2 Å². The van der Waals surface area contributed by atoms with Crippen molar-refractivity contribution in [2.45, 2.75) is 33.6 Å². The molecule has 8 heteroatoms. The second-order valence-corrected chi connectivity index (χ2v) is 6.49. The first kappa shape index (κ1) is 18.2. The lowest BCUT2D eigenvalue weighted by Crippen LogP contribution is -2.49. The van der Waals surface area contributed by atoms with Crippen molar-refractivity contribution in [1.29, 1.82) is 0 Å². The number of carbonyl (C=O) groups is 1. The Hall–Kier alpha value is -2.64. The average Bonchev–Trinajstić information content (AvgIpc) is 2.97. The Morgan fingerprint density at radius 3 is 2.54 bits per heavy atom. The van der Waals surface area contributed by atoms with E-state index in [0.29, 0.717) is 37.6 Å². The molecule has 2 aromatic rings.